The number of hydrogen-bond acceptors (Lipinski definition) is 3. The van der Waals surface area contributed by atoms with Crippen molar-refractivity contribution in [3.8, 4) is 0 Å². The standard InChI is InChI=1S/C18H22ClNO3/c1-3-4-11-23-12-5-10-20-17(21)15(16(19)18(20)22)14-8-6-13(2)7-9-14/h6-9H,3-5,10-12H2,1-2H3. The molecule has 0 fully saturated rings. The van der Waals surface area contributed by atoms with Crippen LogP contribution in [0.25, 0.3) is 5.57 Å². The molecule has 1 aromatic carbocycles. The molecule has 1 aliphatic heterocycles. The van der Waals surface area contributed by atoms with E-state index in [1.54, 1.807) is 0 Å². The Balaban J connectivity index is 1.97. The van der Waals surface area contributed by atoms with Crippen molar-refractivity contribution < 1.29 is 14.3 Å². The third kappa shape index (κ3) is 4.21. The van der Waals surface area contributed by atoms with Crippen LogP contribution in [0.5, 0.6) is 0 Å². The van der Waals surface area contributed by atoms with Crippen LogP contribution in [0.3, 0.4) is 0 Å². The molecule has 124 valence electrons. The molecule has 23 heavy (non-hydrogen) atoms. The van der Waals surface area contributed by atoms with E-state index in [2.05, 4.69) is 6.92 Å². The number of carbonyl (C=O) groups is 2. The van der Waals surface area contributed by atoms with E-state index in [1.165, 1.54) is 4.90 Å². The molecular formula is C18H22ClNO3. The topological polar surface area (TPSA) is 46.6 Å². The first-order valence-electron chi connectivity index (χ1n) is 7.97. The summed E-state index contributed by atoms with van der Waals surface area (Å²) in [7, 11) is 0. The minimum Gasteiger partial charge on any atom is -0.381 e. The molecule has 0 bridgehead atoms. The number of benzene rings is 1. The number of amides is 2. The Morgan fingerprint density at radius 3 is 2.35 bits per heavy atom. The van der Waals surface area contributed by atoms with E-state index in [0.29, 0.717) is 37.3 Å². The van der Waals surface area contributed by atoms with Crippen molar-refractivity contribution in [3.63, 3.8) is 0 Å². The monoisotopic (exact) mass is 335 g/mol. The van der Waals surface area contributed by atoms with Crippen LogP contribution < -0.4 is 0 Å². The van der Waals surface area contributed by atoms with E-state index < -0.39 is 5.91 Å². The Kier molecular flexibility index (Phi) is 6.37. The van der Waals surface area contributed by atoms with E-state index in [0.717, 1.165) is 18.4 Å². The summed E-state index contributed by atoms with van der Waals surface area (Å²) in [6.45, 7) is 5.65. The lowest BCUT2D eigenvalue weighted by atomic mass is 10.0. The predicted molar refractivity (Wildman–Crippen MR) is 91.0 cm³/mol. The van der Waals surface area contributed by atoms with Gasteiger partial charge >= 0.3 is 0 Å². The molecule has 2 rings (SSSR count). The van der Waals surface area contributed by atoms with Crippen LogP contribution in [0.2, 0.25) is 0 Å². The van der Waals surface area contributed by atoms with Crippen molar-refractivity contribution >= 4 is 29.0 Å². The Bertz CT molecular complexity index is 607. The van der Waals surface area contributed by atoms with Gasteiger partial charge in [-0.15, -0.1) is 0 Å². The number of carbonyl (C=O) groups excluding carboxylic acids is 2. The smallest absolute Gasteiger partial charge is 0.273 e. The van der Waals surface area contributed by atoms with Crippen LogP contribution in [0.15, 0.2) is 29.3 Å². The fourth-order valence-electron chi connectivity index (χ4n) is 2.39. The highest BCUT2D eigenvalue weighted by molar-refractivity contribution is 6.55. The molecule has 0 aliphatic carbocycles. The molecule has 0 N–H and O–H groups in total. The van der Waals surface area contributed by atoms with Crippen LogP contribution in [0.1, 0.15) is 37.3 Å². The number of ether oxygens (including phenoxy) is 1. The fourth-order valence-corrected chi connectivity index (χ4v) is 2.69. The van der Waals surface area contributed by atoms with E-state index in [1.807, 2.05) is 31.2 Å². The van der Waals surface area contributed by atoms with Gasteiger partial charge in [0, 0.05) is 19.8 Å². The molecule has 4 nitrogen and oxygen atoms in total. The van der Waals surface area contributed by atoms with Crippen molar-refractivity contribution in [3.05, 3.63) is 40.4 Å². The van der Waals surface area contributed by atoms with Crippen LogP contribution >= 0.6 is 11.6 Å². The largest absolute Gasteiger partial charge is 0.381 e. The molecule has 0 unspecified atom stereocenters. The average molecular weight is 336 g/mol. The van der Waals surface area contributed by atoms with Crippen LogP contribution in [0, 0.1) is 6.92 Å². The van der Waals surface area contributed by atoms with Crippen LogP contribution in [-0.2, 0) is 14.3 Å². The highest BCUT2D eigenvalue weighted by Gasteiger charge is 2.37. The zero-order valence-electron chi connectivity index (χ0n) is 13.6. The fraction of sp³-hybridized carbons (Fsp3) is 0.444. The van der Waals surface area contributed by atoms with Gasteiger partial charge in [-0.25, -0.2) is 0 Å². The molecular weight excluding hydrogens is 314 g/mol. The first kappa shape index (κ1) is 17.7. The van der Waals surface area contributed by atoms with Gasteiger partial charge in [0.1, 0.15) is 5.03 Å². The van der Waals surface area contributed by atoms with Crippen LogP contribution in [0.4, 0.5) is 0 Å². The Morgan fingerprint density at radius 1 is 1.04 bits per heavy atom. The summed E-state index contributed by atoms with van der Waals surface area (Å²) < 4.78 is 5.46. The van der Waals surface area contributed by atoms with Crippen molar-refractivity contribution in [2.45, 2.75) is 33.1 Å². The van der Waals surface area contributed by atoms with E-state index in [4.69, 9.17) is 16.3 Å². The number of rotatable bonds is 8. The molecule has 0 saturated heterocycles. The lowest BCUT2D eigenvalue weighted by Crippen LogP contribution is -2.32. The minimum atomic E-state index is -0.416. The normalized spacial score (nSPS) is 15.0. The molecule has 1 heterocycles. The number of unbranched alkanes of at least 4 members (excludes halogenated alkanes) is 1. The first-order valence-corrected chi connectivity index (χ1v) is 8.34. The van der Waals surface area contributed by atoms with Crippen molar-refractivity contribution in [2.75, 3.05) is 19.8 Å². The Hall–Kier alpha value is -1.65. The average Bonchev–Trinajstić information content (AvgIpc) is 2.75. The number of imide groups is 1. The Morgan fingerprint density at radius 2 is 1.70 bits per heavy atom. The summed E-state index contributed by atoms with van der Waals surface area (Å²) in [5, 5.41) is 0.00533. The molecule has 0 aromatic heterocycles. The lowest BCUT2D eigenvalue weighted by molar-refractivity contribution is -0.136. The van der Waals surface area contributed by atoms with Gasteiger partial charge in [0.05, 0.1) is 5.57 Å². The summed E-state index contributed by atoms with van der Waals surface area (Å²) >= 11 is 6.11. The van der Waals surface area contributed by atoms with Crippen molar-refractivity contribution in [1.82, 2.24) is 4.90 Å². The molecule has 0 saturated carbocycles. The first-order chi connectivity index (χ1) is 11.1. The molecule has 1 aromatic rings. The second-order valence-corrected chi connectivity index (χ2v) is 6.01. The van der Waals surface area contributed by atoms with Gasteiger partial charge in [0.2, 0.25) is 0 Å². The molecule has 2 amide bonds. The maximum absolute atomic E-state index is 12.5. The van der Waals surface area contributed by atoms with Gasteiger partial charge < -0.3 is 4.74 Å². The third-order valence-corrected chi connectivity index (χ3v) is 4.11. The zero-order valence-corrected chi connectivity index (χ0v) is 14.4. The van der Waals surface area contributed by atoms with Crippen molar-refractivity contribution in [2.24, 2.45) is 0 Å². The number of nitrogens with zero attached hydrogens (tertiary/aromatic N) is 1. The second-order valence-electron chi connectivity index (χ2n) is 5.64. The van der Waals surface area contributed by atoms with Crippen molar-refractivity contribution in [1.29, 1.82) is 0 Å². The summed E-state index contributed by atoms with van der Waals surface area (Å²) in [4.78, 5) is 25.9. The van der Waals surface area contributed by atoms with Gasteiger partial charge in [0.25, 0.3) is 11.8 Å². The quantitative estimate of drug-likeness (QED) is 0.539. The second kappa shape index (κ2) is 8.27. The van der Waals surface area contributed by atoms with Gasteiger partial charge in [-0.1, -0.05) is 54.8 Å². The van der Waals surface area contributed by atoms with E-state index >= 15 is 0 Å². The molecule has 0 atom stereocenters. The molecule has 1 aliphatic rings. The van der Waals surface area contributed by atoms with E-state index in [9.17, 15) is 9.59 Å². The number of hydrogen-bond donors (Lipinski definition) is 0. The number of aryl methyl sites for hydroxylation is 1. The SMILES string of the molecule is CCCCOCCCN1C(=O)C(Cl)=C(c2ccc(C)cc2)C1=O. The van der Waals surface area contributed by atoms with Gasteiger partial charge in [-0.3, -0.25) is 14.5 Å². The maximum Gasteiger partial charge on any atom is 0.273 e. The van der Waals surface area contributed by atoms with E-state index in [-0.39, 0.29) is 10.9 Å². The highest BCUT2D eigenvalue weighted by atomic mass is 35.5. The Labute approximate surface area is 142 Å². The zero-order chi connectivity index (χ0) is 16.8. The number of halogens is 1. The summed E-state index contributed by atoms with van der Waals surface area (Å²) in [6.07, 6.45) is 2.72. The summed E-state index contributed by atoms with van der Waals surface area (Å²) in [6, 6.07) is 7.42. The van der Waals surface area contributed by atoms with Gasteiger partial charge in [0.15, 0.2) is 0 Å². The summed E-state index contributed by atoms with van der Waals surface area (Å²) in [5.41, 5.74) is 2.06. The molecule has 5 heteroatoms. The summed E-state index contributed by atoms with van der Waals surface area (Å²) in [5.74, 6) is -0.738. The third-order valence-electron chi connectivity index (χ3n) is 3.76. The molecule has 0 spiro atoms. The minimum absolute atomic E-state index is 0.00533. The van der Waals surface area contributed by atoms with Gasteiger partial charge in [-0.05, 0) is 25.3 Å². The lowest BCUT2D eigenvalue weighted by Gasteiger charge is -2.14. The highest BCUT2D eigenvalue weighted by Crippen LogP contribution is 2.31. The van der Waals surface area contributed by atoms with Crippen LogP contribution in [-0.4, -0.2) is 36.5 Å². The molecule has 0 radical (unpaired) electrons. The maximum atomic E-state index is 12.5. The predicted octanol–water partition coefficient (Wildman–Crippen LogP) is 3.52. The van der Waals surface area contributed by atoms with Gasteiger partial charge in [-0.2, -0.15) is 0 Å².